The highest BCUT2D eigenvalue weighted by molar-refractivity contribution is 7.99. The van der Waals surface area contributed by atoms with Crippen molar-refractivity contribution >= 4 is 11.8 Å². The zero-order valence-corrected chi connectivity index (χ0v) is 18.8. The van der Waals surface area contributed by atoms with Gasteiger partial charge < -0.3 is 9.84 Å². The molecule has 0 atom stereocenters. The molecule has 0 amide bonds. The molecular weight excluding hydrogens is 400 g/mol. The van der Waals surface area contributed by atoms with Gasteiger partial charge in [0.25, 0.3) is 0 Å². The fourth-order valence-electron chi connectivity index (χ4n) is 3.24. The van der Waals surface area contributed by atoms with Crippen molar-refractivity contribution < 1.29 is 9.84 Å². The molecule has 0 radical (unpaired) electrons. The van der Waals surface area contributed by atoms with Crippen molar-refractivity contribution in [1.82, 2.24) is 0 Å². The second-order valence-corrected chi connectivity index (χ2v) is 9.67. The molecule has 0 fully saturated rings. The van der Waals surface area contributed by atoms with Crippen molar-refractivity contribution in [2.75, 3.05) is 0 Å². The maximum atomic E-state index is 9.43. The fraction of sp³-hybridized carbons (Fsp3) is 0.143. The second kappa shape index (κ2) is 8.91. The molecule has 2 nitrogen and oxygen atoms in total. The van der Waals surface area contributed by atoms with E-state index in [4.69, 9.17) is 4.74 Å². The van der Waals surface area contributed by atoms with Gasteiger partial charge in [-0.2, -0.15) is 0 Å². The van der Waals surface area contributed by atoms with Crippen molar-refractivity contribution in [2.45, 2.75) is 36.0 Å². The molecule has 156 valence electrons. The highest BCUT2D eigenvalue weighted by atomic mass is 32.2. The highest BCUT2D eigenvalue weighted by Crippen LogP contribution is 2.32. The van der Waals surface area contributed by atoms with Gasteiger partial charge in [0, 0.05) is 9.79 Å². The van der Waals surface area contributed by atoms with Crippen molar-refractivity contribution in [3.63, 3.8) is 0 Å². The summed E-state index contributed by atoms with van der Waals surface area (Å²) in [5.41, 5.74) is 3.65. The van der Waals surface area contributed by atoms with Gasteiger partial charge in [-0.15, -0.1) is 0 Å². The van der Waals surface area contributed by atoms with E-state index in [1.165, 1.54) is 15.4 Å². The summed E-state index contributed by atoms with van der Waals surface area (Å²) in [4.78, 5) is 2.41. The maximum absolute atomic E-state index is 9.43. The molecule has 1 N–H and O–H groups in total. The SMILES string of the molecule is CC(C)(C)c1ccc(Sc2ccc(Oc3ccc(-c4ccc(O)cc4)cc3)cc2)cc1. The minimum atomic E-state index is 0.171. The van der Waals surface area contributed by atoms with E-state index >= 15 is 0 Å². The second-order valence-electron chi connectivity index (χ2n) is 8.52. The van der Waals surface area contributed by atoms with Crippen LogP contribution in [-0.4, -0.2) is 5.11 Å². The van der Waals surface area contributed by atoms with Crippen LogP contribution in [0.4, 0.5) is 0 Å². The lowest BCUT2D eigenvalue weighted by molar-refractivity contribution is 0.475. The lowest BCUT2D eigenvalue weighted by atomic mass is 9.87. The van der Waals surface area contributed by atoms with Gasteiger partial charge in [-0.05, 0) is 82.8 Å². The minimum Gasteiger partial charge on any atom is -0.508 e. The van der Waals surface area contributed by atoms with Crippen LogP contribution in [0.2, 0.25) is 0 Å². The number of phenolic OH excluding ortho intramolecular Hbond substituents is 1. The Balaban J connectivity index is 1.38. The van der Waals surface area contributed by atoms with Crippen LogP contribution < -0.4 is 4.74 Å². The lowest BCUT2D eigenvalue weighted by Gasteiger charge is -2.19. The maximum Gasteiger partial charge on any atom is 0.127 e. The van der Waals surface area contributed by atoms with E-state index < -0.39 is 0 Å². The predicted molar refractivity (Wildman–Crippen MR) is 129 cm³/mol. The summed E-state index contributed by atoms with van der Waals surface area (Å²) in [5.74, 6) is 1.87. The molecule has 0 aliphatic carbocycles. The van der Waals surface area contributed by atoms with Crippen LogP contribution in [0.25, 0.3) is 11.1 Å². The first-order valence-electron chi connectivity index (χ1n) is 10.3. The van der Waals surface area contributed by atoms with Crippen LogP contribution in [0.3, 0.4) is 0 Å². The first-order chi connectivity index (χ1) is 14.9. The van der Waals surface area contributed by atoms with Crippen molar-refractivity contribution in [3.8, 4) is 28.4 Å². The van der Waals surface area contributed by atoms with Crippen molar-refractivity contribution in [3.05, 3.63) is 103 Å². The summed E-state index contributed by atoms with van der Waals surface area (Å²) in [6.45, 7) is 6.69. The van der Waals surface area contributed by atoms with Crippen molar-refractivity contribution in [1.29, 1.82) is 0 Å². The molecule has 4 rings (SSSR count). The number of rotatable bonds is 5. The molecule has 4 aromatic carbocycles. The zero-order valence-electron chi connectivity index (χ0n) is 18.0. The summed E-state index contributed by atoms with van der Waals surface area (Å²) < 4.78 is 6.00. The van der Waals surface area contributed by atoms with Crippen LogP contribution in [0.5, 0.6) is 17.2 Å². The van der Waals surface area contributed by atoms with Gasteiger partial charge >= 0.3 is 0 Å². The van der Waals surface area contributed by atoms with E-state index in [1.807, 2.05) is 48.5 Å². The fourth-order valence-corrected chi connectivity index (χ4v) is 4.06. The molecule has 0 heterocycles. The first kappa shape index (κ1) is 21.1. The molecule has 0 aliphatic rings. The van der Waals surface area contributed by atoms with E-state index in [0.29, 0.717) is 0 Å². The quantitative estimate of drug-likeness (QED) is 0.348. The topological polar surface area (TPSA) is 29.5 Å². The normalized spacial score (nSPS) is 11.3. The van der Waals surface area contributed by atoms with Crippen LogP contribution in [0.15, 0.2) is 107 Å². The summed E-state index contributed by atoms with van der Waals surface area (Å²) in [7, 11) is 0. The van der Waals surface area contributed by atoms with Crippen LogP contribution >= 0.6 is 11.8 Å². The number of benzene rings is 4. The molecule has 0 bridgehead atoms. The van der Waals surface area contributed by atoms with E-state index in [0.717, 1.165) is 22.6 Å². The van der Waals surface area contributed by atoms with Gasteiger partial charge in [0.15, 0.2) is 0 Å². The Morgan fingerprint density at radius 1 is 0.581 bits per heavy atom. The Morgan fingerprint density at radius 3 is 1.48 bits per heavy atom. The summed E-state index contributed by atoms with van der Waals surface area (Å²) >= 11 is 1.75. The lowest BCUT2D eigenvalue weighted by Crippen LogP contribution is -2.10. The van der Waals surface area contributed by atoms with Gasteiger partial charge in [0.05, 0.1) is 0 Å². The number of ether oxygens (including phenoxy) is 1. The molecule has 3 heteroatoms. The third-order valence-electron chi connectivity index (χ3n) is 5.07. The standard InChI is InChI=1S/C28H26O2S/c1-28(2,3)22-8-16-26(17-9-22)31-27-18-14-25(15-19-27)30-24-12-6-21(7-13-24)20-4-10-23(29)11-5-20/h4-19,29H,1-3H3. The predicted octanol–water partition coefficient (Wildman–Crippen LogP) is 8.30. The van der Waals surface area contributed by atoms with Gasteiger partial charge in [-0.3, -0.25) is 0 Å². The Hall–Kier alpha value is -3.17. The van der Waals surface area contributed by atoms with Crippen molar-refractivity contribution in [2.24, 2.45) is 0 Å². The number of aromatic hydroxyl groups is 1. The van der Waals surface area contributed by atoms with E-state index in [2.05, 4.69) is 57.2 Å². The third-order valence-corrected chi connectivity index (χ3v) is 6.09. The molecule has 0 unspecified atom stereocenters. The smallest absolute Gasteiger partial charge is 0.127 e. The Bertz CT molecular complexity index is 1120. The molecule has 4 aromatic rings. The van der Waals surface area contributed by atoms with Crippen LogP contribution in [0, 0.1) is 0 Å². The number of hydrogen-bond acceptors (Lipinski definition) is 3. The molecule has 0 aromatic heterocycles. The third kappa shape index (κ3) is 5.50. The van der Waals surface area contributed by atoms with E-state index in [-0.39, 0.29) is 11.2 Å². The molecular formula is C28H26O2S. The van der Waals surface area contributed by atoms with Gasteiger partial charge in [0.2, 0.25) is 0 Å². The number of phenols is 1. The molecule has 31 heavy (non-hydrogen) atoms. The van der Waals surface area contributed by atoms with Crippen LogP contribution in [0.1, 0.15) is 26.3 Å². The first-order valence-corrected chi connectivity index (χ1v) is 11.1. The van der Waals surface area contributed by atoms with Gasteiger partial charge in [0.1, 0.15) is 17.2 Å². The number of hydrogen-bond donors (Lipinski definition) is 1. The largest absolute Gasteiger partial charge is 0.508 e. The average Bonchev–Trinajstić information content (AvgIpc) is 2.76. The molecule has 0 saturated carbocycles. The van der Waals surface area contributed by atoms with Crippen LogP contribution in [-0.2, 0) is 5.41 Å². The van der Waals surface area contributed by atoms with Gasteiger partial charge in [-0.1, -0.05) is 68.9 Å². The highest BCUT2D eigenvalue weighted by Gasteiger charge is 2.13. The summed E-state index contributed by atoms with van der Waals surface area (Å²) in [5, 5.41) is 9.43. The Labute approximate surface area is 188 Å². The average molecular weight is 427 g/mol. The summed E-state index contributed by atoms with van der Waals surface area (Å²) in [6.07, 6.45) is 0. The van der Waals surface area contributed by atoms with E-state index in [1.54, 1.807) is 23.9 Å². The summed E-state index contributed by atoms with van der Waals surface area (Å²) in [6, 6.07) is 32.1. The zero-order chi connectivity index (χ0) is 21.8. The Morgan fingerprint density at radius 2 is 1.00 bits per heavy atom. The van der Waals surface area contributed by atoms with Gasteiger partial charge in [-0.25, -0.2) is 0 Å². The minimum absolute atomic E-state index is 0.171. The molecule has 0 spiro atoms. The molecule has 0 saturated heterocycles. The van der Waals surface area contributed by atoms with E-state index in [9.17, 15) is 5.11 Å². The monoisotopic (exact) mass is 426 g/mol. The Kier molecular flexibility index (Phi) is 6.06. The molecule has 0 aliphatic heterocycles.